The molecule has 9 nitrogen and oxygen atoms in total. The van der Waals surface area contributed by atoms with Crippen LogP contribution in [0.25, 0.3) is 0 Å². The summed E-state index contributed by atoms with van der Waals surface area (Å²) in [6, 6.07) is 0. The van der Waals surface area contributed by atoms with E-state index in [4.69, 9.17) is 14.7 Å². The summed E-state index contributed by atoms with van der Waals surface area (Å²) in [6.07, 6.45) is -0.771. The maximum atomic E-state index is 11.1. The first-order valence-electron chi connectivity index (χ1n) is 3.73. The quantitative estimate of drug-likeness (QED) is 0.313. The van der Waals surface area contributed by atoms with E-state index in [0.29, 0.717) is 0 Å². The molecular formula is C4H12N2O7P2. The van der Waals surface area contributed by atoms with E-state index in [1.165, 1.54) is 7.05 Å². The van der Waals surface area contributed by atoms with E-state index in [1.807, 2.05) is 0 Å². The van der Waals surface area contributed by atoms with E-state index < -0.39 is 26.6 Å². The fraction of sp³-hybridized carbons (Fsp3) is 1.00. The van der Waals surface area contributed by atoms with Gasteiger partial charge in [0.25, 0.3) is 5.08 Å². The van der Waals surface area contributed by atoms with Crippen molar-refractivity contribution in [3.05, 3.63) is 4.91 Å². The van der Waals surface area contributed by atoms with Gasteiger partial charge in [-0.3, -0.25) is 9.13 Å². The number of aliphatic hydroxyl groups is 1. The molecule has 0 radical (unpaired) electrons. The molecule has 0 aromatic heterocycles. The molecule has 0 bridgehead atoms. The molecule has 0 saturated carbocycles. The van der Waals surface area contributed by atoms with Crippen LogP contribution in [0.1, 0.15) is 6.42 Å². The highest BCUT2D eigenvalue weighted by Gasteiger charge is 2.60. The summed E-state index contributed by atoms with van der Waals surface area (Å²) in [7, 11) is -9.17. The Hall–Kier alpha value is -0.140. The second-order valence-electron chi connectivity index (χ2n) is 2.80. The van der Waals surface area contributed by atoms with Crippen LogP contribution in [0.3, 0.4) is 0 Å². The largest absolute Gasteiger partial charge is 0.392 e. The Bertz CT molecular complexity index is 327. The van der Waals surface area contributed by atoms with E-state index >= 15 is 0 Å². The summed E-state index contributed by atoms with van der Waals surface area (Å²) in [6.45, 7) is -0.165. The van der Waals surface area contributed by atoms with Gasteiger partial charge in [0, 0.05) is 11.4 Å². The van der Waals surface area contributed by atoms with Crippen LogP contribution in [0.15, 0.2) is 4.95 Å². The summed E-state index contributed by atoms with van der Waals surface area (Å²) in [4.78, 5) is 38.1. The van der Waals surface area contributed by atoms with Gasteiger partial charge in [-0.05, 0) is 13.6 Å². The minimum Gasteiger partial charge on any atom is -0.368 e. The zero-order chi connectivity index (χ0) is 12.3. The number of nitroso groups, excluding NO2 is 1. The number of nitrogens with zero attached hydrogens (tertiary/aromatic N) is 1. The average molecular weight is 262 g/mol. The predicted molar refractivity (Wildman–Crippen MR) is 51.2 cm³/mol. The maximum absolute atomic E-state index is 11.1. The van der Waals surface area contributed by atoms with Gasteiger partial charge in [-0.2, -0.15) is 0 Å². The van der Waals surface area contributed by atoms with E-state index in [-0.39, 0.29) is 6.54 Å². The smallest absolute Gasteiger partial charge is 0.368 e. The van der Waals surface area contributed by atoms with Gasteiger partial charge in [0.15, 0.2) is 0 Å². The van der Waals surface area contributed by atoms with Crippen molar-refractivity contribution in [3.8, 4) is 0 Å². The number of hydrogen-bond donors (Lipinski definition) is 5. The molecule has 0 aliphatic carbocycles. The van der Waals surface area contributed by atoms with Crippen LogP contribution in [0.4, 0.5) is 0 Å². The van der Waals surface area contributed by atoms with Crippen LogP contribution >= 0.6 is 15.1 Å². The predicted octanol–water partition coefficient (Wildman–Crippen LogP) is -0.628. The van der Waals surface area contributed by atoms with Crippen molar-refractivity contribution in [2.75, 3.05) is 13.6 Å². The van der Waals surface area contributed by atoms with Crippen molar-refractivity contribution in [1.82, 2.24) is 5.32 Å². The standard InChI is InChI=1S/C4H12N2O7P2/c1-5-3-2-4(7,15(11,12)13)14(9,10)6-8/h5,7H,2-3H2,1H3,(H,9,10)(H2,11,12,13). The fourth-order valence-corrected chi connectivity index (χ4v) is 3.22. The lowest BCUT2D eigenvalue weighted by atomic mass is 10.4. The fourth-order valence-electron chi connectivity index (χ4n) is 0.819. The molecule has 0 aromatic carbocycles. The van der Waals surface area contributed by atoms with Gasteiger partial charge in [0.1, 0.15) is 0 Å². The van der Waals surface area contributed by atoms with Gasteiger partial charge in [0.2, 0.25) is 0 Å². The molecule has 5 N–H and O–H groups in total. The first kappa shape index (κ1) is 14.9. The molecule has 0 rings (SSSR count). The third-order valence-electron chi connectivity index (χ3n) is 1.75. The molecular weight excluding hydrogens is 250 g/mol. The van der Waals surface area contributed by atoms with E-state index in [1.54, 1.807) is 4.95 Å². The zero-order valence-corrected chi connectivity index (χ0v) is 9.56. The van der Waals surface area contributed by atoms with E-state index in [0.717, 1.165) is 0 Å². The number of nitrogens with one attached hydrogen (secondary N) is 1. The van der Waals surface area contributed by atoms with Crippen molar-refractivity contribution in [3.63, 3.8) is 0 Å². The Morgan fingerprint density at radius 2 is 1.80 bits per heavy atom. The minimum absolute atomic E-state index is 0.165. The third kappa shape index (κ3) is 2.92. The van der Waals surface area contributed by atoms with Crippen molar-refractivity contribution in [2.24, 2.45) is 4.95 Å². The molecule has 11 heteroatoms. The monoisotopic (exact) mass is 262 g/mol. The maximum Gasteiger partial charge on any atom is 0.392 e. The van der Waals surface area contributed by atoms with Crippen LogP contribution in [-0.2, 0) is 9.13 Å². The van der Waals surface area contributed by atoms with Crippen LogP contribution in [0.5, 0.6) is 0 Å². The van der Waals surface area contributed by atoms with Crippen molar-refractivity contribution >= 4 is 15.1 Å². The van der Waals surface area contributed by atoms with Gasteiger partial charge in [-0.15, -0.1) is 4.91 Å². The van der Waals surface area contributed by atoms with Gasteiger partial charge in [-0.1, -0.05) is 0 Å². The third-order valence-corrected chi connectivity index (χ3v) is 5.85. The lowest BCUT2D eigenvalue weighted by molar-refractivity contribution is 0.140. The second-order valence-corrected chi connectivity index (χ2v) is 6.97. The van der Waals surface area contributed by atoms with Crippen molar-refractivity contribution in [2.45, 2.75) is 11.5 Å². The zero-order valence-electron chi connectivity index (χ0n) is 7.77. The molecule has 0 spiro atoms. The van der Waals surface area contributed by atoms with Gasteiger partial charge >= 0.3 is 15.1 Å². The molecule has 0 fully saturated rings. The first-order chi connectivity index (χ1) is 6.62. The minimum atomic E-state index is -5.35. The molecule has 15 heavy (non-hydrogen) atoms. The average Bonchev–Trinajstić information content (AvgIpc) is 2.12. The molecule has 0 heterocycles. The lowest BCUT2D eigenvalue weighted by Crippen LogP contribution is -2.31. The summed E-state index contributed by atoms with van der Waals surface area (Å²) in [5.74, 6) is 0. The highest BCUT2D eigenvalue weighted by molar-refractivity contribution is 7.74. The normalized spacial score (nSPS) is 20.3. The molecule has 0 aromatic rings. The Labute approximate surface area is 85.2 Å². The van der Waals surface area contributed by atoms with E-state index in [2.05, 4.69) is 5.32 Å². The number of hydrogen-bond acceptors (Lipinski definition) is 5. The Balaban J connectivity index is 5.32. The molecule has 0 saturated heterocycles. The molecule has 2 atom stereocenters. The Morgan fingerprint density at radius 1 is 1.33 bits per heavy atom. The Kier molecular flexibility index (Phi) is 4.75. The summed E-state index contributed by atoms with van der Waals surface area (Å²) >= 11 is 0. The molecule has 0 aliphatic rings. The number of rotatable bonds is 6. The van der Waals surface area contributed by atoms with Gasteiger partial charge in [-0.25, -0.2) is 0 Å². The SMILES string of the molecule is CNCCC(O)(P(=O)(O)O)P(=O)(O)N=O. The second kappa shape index (κ2) is 4.80. The van der Waals surface area contributed by atoms with Crippen molar-refractivity contribution in [1.29, 1.82) is 0 Å². The van der Waals surface area contributed by atoms with Gasteiger partial charge in [0.05, 0.1) is 0 Å². The summed E-state index contributed by atoms with van der Waals surface area (Å²) in [5.41, 5.74) is 0. The molecule has 2 unspecified atom stereocenters. The molecule has 0 aliphatic heterocycles. The highest BCUT2D eigenvalue weighted by atomic mass is 31.2. The van der Waals surface area contributed by atoms with Crippen LogP contribution in [0.2, 0.25) is 0 Å². The van der Waals surface area contributed by atoms with Gasteiger partial charge < -0.3 is 25.1 Å². The summed E-state index contributed by atoms with van der Waals surface area (Å²) in [5, 5.41) is 8.48. The topological polar surface area (TPSA) is 157 Å². The van der Waals surface area contributed by atoms with Crippen LogP contribution in [-0.4, -0.2) is 38.5 Å². The Morgan fingerprint density at radius 3 is 2.07 bits per heavy atom. The summed E-state index contributed by atoms with van der Waals surface area (Å²) < 4.78 is 21.9. The van der Waals surface area contributed by atoms with Crippen LogP contribution < -0.4 is 5.32 Å². The first-order valence-corrected chi connectivity index (χ1v) is 6.95. The highest BCUT2D eigenvalue weighted by Crippen LogP contribution is 2.71. The molecule has 0 amide bonds. The lowest BCUT2D eigenvalue weighted by Gasteiger charge is -2.28. The van der Waals surface area contributed by atoms with Crippen molar-refractivity contribution < 1.29 is 28.9 Å². The molecule has 90 valence electrons. The van der Waals surface area contributed by atoms with E-state index in [9.17, 15) is 19.1 Å². The van der Waals surface area contributed by atoms with Crippen LogP contribution in [0, 0.1) is 4.91 Å².